The highest BCUT2D eigenvalue weighted by molar-refractivity contribution is 6.31. The molecule has 1 aromatic rings. The quantitative estimate of drug-likeness (QED) is 0.586. The first-order valence-corrected chi connectivity index (χ1v) is 5.17. The van der Waals surface area contributed by atoms with E-state index in [0.717, 1.165) is 0 Å². The molecule has 1 rings (SSSR count). The van der Waals surface area contributed by atoms with Gasteiger partial charge >= 0.3 is 0 Å². The molecule has 0 aliphatic rings. The fourth-order valence-electron chi connectivity index (χ4n) is 1.21. The average Bonchev–Trinajstić information content (AvgIpc) is 2.30. The van der Waals surface area contributed by atoms with E-state index in [4.69, 9.17) is 21.1 Å². The second-order valence-electron chi connectivity index (χ2n) is 3.02. The Morgan fingerprint density at radius 1 is 1.44 bits per heavy atom. The molecule has 0 aliphatic heterocycles. The predicted octanol–water partition coefficient (Wildman–Crippen LogP) is 3.12. The lowest BCUT2D eigenvalue weighted by atomic mass is 10.2. The van der Waals surface area contributed by atoms with Crippen molar-refractivity contribution < 1.29 is 14.3 Å². The Morgan fingerprint density at radius 2 is 2.19 bits per heavy atom. The molecule has 0 aliphatic carbocycles. The van der Waals surface area contributed by atoms with Crippen molar-refractivity contribution in [3.05, 3.63) is 34.9 Å². The van der Waals surface area contributed by atoms with Crippen LogP contribution in [0.4, 0.5) is 0 Å². The molecule has 0 saturated carbocycles. The van der Waals surface area contributed by atoms with Gasteiger partial charge in [0.05, 0.1) is 12.7 Å². The zero-order chi connectivity index (χ0) is 12.0. The standard InChI is InChI=1S/C12H13ClO3/c1-3-4-5-16-12-9(8-14)6-10(13)7-11(12)15-2/h3-4,6-8H,5H2,1-2H3/b4-3+. The fraction of sp³-hybridized carbons (Fsp3) is 0.250. The molecule has 0 unspecified atom stereocenters. The summed E-state index contributed by atoms with van der Waals surface area (Å²) in [4.78, 5) is 10.9. The Labute approximate surface area is 99.6 Å². The molecule has 0 aromatic heterocycles. The highest BCUT2D eigenvalue weighted by Gasteiger charge is 2.11. The summed E-state index contributed by atoms with van der Waals surface area (Å²) in [5.41, 5.74) is 0.383. The molecule has 0 heterocycles. The number of methoxy groups -OCH3 is 1. The summed E-state index contributed by atoms with van der Waals surface area (Å²) in [5.74, 6) is 0.874. The Kier molecular flexibility index (Phi) is 4.86. The SMILES string of the molecule is C/C=C/COc1c(C=O)cc(Cl)cc1OC. The van der Waals surface area contributed by atoms with Gasteiger partial charge in [-0.25, -0.2) is 0 Å². The van der Waals surface area contributed by atoms with E-state index < -0.39 is 0 Å². The van der Waals surface area contributed by atoms with Gasteiger partial charge in [-0.3, -0.25) is 4.79 Å². The largest absolute Gasteiger partial charge is 0.493 e. The Morgan fingerprint density at radius 3 is 2.75 bits per heavy atom. The van der Waals surface area contributed by atoms with Crippen molar-refractivity contribution >= 4 is 17.9 Å². The van der Waals surface area contributed by atoms with E-state index in [1.807, 2.05) is 19.1 Å². The summed E-state index contributed by atoms with van der Waals surface area (Å²) in [6, 6.07) is 3.15. The smallest absolute Gasteiger partial charge is 0.172 e. The molecule has 0 fully saturated rings. The number of ether oxygens (including phenoxy) is 2. The lowest BCUT2D eigenvalue weighted by molar-refractivity contribution is 0.111. The molecule has 86 valence electrons. The maximum Gasteiger partial charge on any atom is 0.172 e. The van der Waals surface area contributed by atoms with E-state index in [1.165, 1.54) is 7.11 Å². The van der Waals surface area contributed by atoms with Crippen LogP contribution in [-0.2, 0) is 0 Å². The number of halogens is 1. The van der Waals surface area contributed by atoms with Gasteiger partial charge in [-0.2, -0.15) is 0 Å². The van der Waals surface area contributed by atoms with Crippen molar-refractivity contribution in [2.24, 2.45) is 0 Å². The van der Waals surface area contributed by atoms with Crippen LogP contribution < -0.4 is 9.47 Å². The number of rotatable bonds is 5. The lowest BCUT2D eigenvalue weighted by Crippen LogP contribution is -2.00. The third-order valence-corrected chi connectivity index (χ3v) is 2.17. The predicted molar refractivity (Wildman–Crippen MR) is 63.7 cm³/mol. The third-order valence-electron chi connectivity index (χ3n) is 1.95. The molecule has 0 atom stereocenters. The van der Waals surface area contributed by atoms with Gasteiger partial charge in [-0.05, 0) is 13.0 Å². The van der Waals surface area contributed by atoms with Crippen molar-refractivity contribution in [1.82, 2.24) is 0 Å². The maximum atomic E-state index is 10.9. The molecular formula is C12H13ClO3. The van der Waals surface area contributed by atoms with Gasteiger partial charge in [0.25, 0.3) is 0 Å². The highest BCUT2D eigenvalue weighted by atomic mass is 35.5. The van der Waals surface area contributed by atoms with Crippen LogP contribution in [0.1, 0.15) is 17.3 Å². The van der Waals surface area contributed by atoms with E-state index in [-0.39, 0.29) is 0 Å². The van der Waals surface area contributed by atoms with Gasteiger partial charge in [0.15, 0.2) is 17.8 Å². The van der Waals surface area contributed by atoms with Crippen LogP contribution in [-0.4, -0.2) is 20.0 Å². The van der Waals surface area contributed by atoms with Gasteiger partial charge in [-0.15, -0.1) is 0 Å². The van der Waals surface area contributed by atoms with Crippen LogP contribution in [0.2, 0.25) is 5.02 Å². The first kappa shape index (κ1) is 12.6. The third kappa shape index (κ3) is 3.00. The zero-order valence-corrected chi connectivity index (χ0v) is 9.95. The number of hydrogen-bond donors (Lipinski definition) is 0. The van der Waals surface area contributed by atoms with E-state index in [9.17, 15) is 4.79 Å². The van der Waals surface area contributed by atoms with Crippen molar-refractivity contribution in [3.63, 3.8) is 0 Å². The molecule has 0 radical (unpaired) electrons. The van der Waals surface area contributed by atoms with Gasteiger partial charge in [0, 0.05) is 11.1 Å². The van der Waals surface area contributed by atoms with Crippen molar-refractivity contribution in [3.8, 4) is 11.5 Å². The van der Waals surface area contributed by atoms with Crippen molar-refractivity contribution in [2.45, 2.75) is 6.92 Å². The van der Waals surface area contributed by atoms with E-state index in [0.29, 0.717) is 35.0 Å². The van der Waals surface area contributed by atoms with Gasteiger partial charge < -0.3 is 9.47 Å². The van der Waals surface area contributed by atoms with Crippen molar-refractivity contribution in [2.75, 3.05) is 13.7 Å². The van der Waals surface area contributed by atoms with Gasteiger partial charge in [0.1, 0.15) is 6.61 Å². The van der Waals surface area contributed by atoms with Crippen LogP contribution in [0.15, 0.2) is 24.3 Å². The first-order valence-electron chi connectivity index (χ1n) is 4.79. The van der Waals surface area contributed by atoms with Gasteiger partial charge in [-0.1, -0.05) is 23.8 Å². The molecule has 3 nitrogen and oxygen atoms in total. The summed E-state index contributed by atoms with van der Waals surface area (Å²) in [5, 5.41) is 0.442. The van der Waals surface area contributed by atoms with Crippen LogP contribution in [0, 0.1) is 0 Å². The Hall–Kier alpha value is -1.48. The number of benzene rings is 1. The molecule has 0 spiro atoms. The second kappa shape index (κ2) is 6.18. The fourth-order valence-corrected chi connectivity index (χ4v) is 1.43. The number of carbonyl (C=O) groups is 1. The molecular weight excluding hydrogens is 228 g/mol. The summed E-state index contributed by atoms with van der Waals surface area (Å²) >= 11 is 5.83. The molecule has 1 aromatic carbocycles. The maximum absolute atomic E-state index is 10.9. The second-order valence-corrected chi connectivity index (χ2v) is 3.46. The molecule has 4 heteroatoms. The van der Waals surface area contributed by atoms with Gasteiger partial charge in [0.2, 0.25) is 0 Å². The number of carbonyl (C=O) groups excluding carboxylic acids is 1. The average molecular weight is 241 g/mol. The number of allylic oxidation sites excluding steroid dienone is 1. The minimum atomic E-state index is 0.383. The van der Waals surface area contributed by atoms with Crippen LogP contribution >= 0.6 is 11.6 Å². The monoisotopic (exact) mass is 240 g/mol. The number of aldehydes is 1. The topological polar surface area (TPSA) is 35.5 Å². The van der Waals surface area contributed by atoms with Crippen molar-refractivity contribution in [1.29, 1.82) is 0 Å². The molecule has 0 N–H and O–H groups in total. The normalized spacial score (nSPS) is 10.4. The summed E-state index contributed by atoms with van der Waals surface area (Å²) in [6.45, 7) is 2.28. The Balaban J connectivity index is 3.06. The first-order chi connectivity index (χ1) is 7.72. The van der Waals surface area contributed by atoms with E-state index in [2.05, 4.69) is 0 Å². The summed E-state index contributed by atoms with van der Waals surface area (Å²) in [7, 11) is 1.50. The molecule has 0 saturated heterocycles. The highest BCUT2D eigenvalue weighted by Crippen LogP contribution is 2.33. The van der Waals surface area contributed by atoms with Crippen LogP contribution in [0.5, 0.6) is 11.5 Å². The zero-order valence-electron chi connectivity index (χ0n) is 9.20. The Bertz CT molecular complexity index is 399. The number of hydrogen-bond acceptors (Lipinski definition) is 3. The lowest BCUT2D eigenvalue weighted by Gasteiger charge is -2.11. The molecule has 16 heavy (non-hydrogen) atoms. The van der Waals surface area contributed by atoms with E-state index in [1.54, 1.807) is 12.1 Å². The van der Waals surface area contributed by atoms with Crippen LogP contribution in [0.3, 0.4) is 0 Å². The summed E-state index contributed by atoms with van der Waals surface area (Å²) < 4.78 is 10.6. The minimum Gasteiger partial charge on any atom is -0.493 e. The minimum absolute atomic E-state index is 0.383. The molecule has 0 amide bonds. The van der Waals surface area contributed by atoms with Crippen LogP contribution in [0.25, 0.3) is 0 Å². The summed E-state index contributed by atoms with van der Waals surface area (Å²) in [6.07, 6.45) is 4.39. The van der Waals surface area contributed by atoms with E-state index >= 15 is 0 Å². The molecule has 0 bridgehead atoms.